The van der Waals surface area contributed by atoms with Crippen LogP contribution < -0.4 is 5.48 Å². The van der Waals surface area contributed by atoms with E-state index >= 15 is 0 Å². The highest BCUT2D eigenvalue weighted by Crippen LogP contribution is 2.19. The van der Waals surface area contributed by atoms with Gasteiger partial charge in [-0.2, -0.15) is 13.2 Å². The molecule has 16 heavy (non-hydrogen) atoms. The van der Waals surface area contributed by atoms with Gasteiger partial charge in [-0.05, 0) is 0 Å². The molecule has 0 fully saturated rings. The molecule has 2 amide bonds. The smallest absolute Gasteiger partial charge is 0.390 e. The molecule has 0 aromatic carbocycles. The van der Waals surface area contributed by atoms with E-state index < -0.39 is 37.7 Å². The molecule has 0 rings (SSSR count). The number of alkyl halides is 3. The van der Waals surface area contributed by atoms with Gasteiger partial charge < -0.3 is 10.0 Å². The fourth-order valence-corrected chi connectivity index (χ4v) is 0.634. The lowest BCUT2D eigenvalue weighted by Crippen LogP contribution is -2.39. The Morgan fingerprint density at radius 1 is 1.44 bits per heavy atom. The lowest BCUT2D eigenvalue weighted by atomic mass is 10.4. The molecule has 0 bridgehead atoms. The standard InChI is InChI=1S/C7H11F3N2O4/c1-12(3-2-7(8,9)10)6(15)11-16-4-5(13)14/h2-4H2,1H3,(H,11,15)(H,13,14). The Kier molecular flexibility index (Phi) is 5.57. The van der Waals surface area contributed by atoms with E-state index in [1.807, 2.05) is 0 Å². The topological polar surface area (TPSA) is 78.9 Å². The number of aliphatic carboxylic acids is 1. The molecule has 0 spiro atoms. The van der Waals surface area contributed by atoms with Crippen LogP contribution in [-0.4, -0.2) is 48.4 Å². The zero-order valence-electron chi connectivity index (χ0n) is 8.37. The maximum atomic E-state index is 11.8. The molecule has 0 saturated carbocycles. The van der Waals surface area contributed by atoms with Gasteiger partial charge in [0.2, 0.25) is 0 Å². The third-order valence-electron chi connectivity index (χ3n) is 1.43. The highest BCUT2D eigenvalue weighted by Gasteiger charge is 2.28. The van der Waals surface area contributed by atoms with Gasteiger partial charge in [-0.3, -0.25) is 4.84 Å². The molecule has 0 atom stereocenters. The molecular weight excluding hydrogens is 233 g/mol. The first-order chi connectivity index (χ1) is 7.22. The number of rotatable bonds is 5. The Morgan fingerprint density at radius 3 is 2.44 bits per heavy atom. The van der Waals surface area contributed by atoms with Crippen molar-refractivity contribution < 1.29 is 32.7 Å². The molecule has 0 aromatic rings. The molecule has 94 valence electrons. The number of nitrogens with zero attached hydrogens (tertiary/aromatic N) is 1. The quantitative estimate of drug-likeness (QED) is 0.694. The van der Waals surface area contributed by atoms with Crippen LogP contribution in [-0.2, 0) is 9.63 Å². The van der Waals surface area contributed by atoms with Gasteiger partial charge in [0.15, 0.2) is 6.61 Å². The molecule has 0 aromatic heterocycles. The molecule has 0 aliphatic heterocycles. The lowest BCUT2D eigenvalue weighted by molar-refractivity contribution is -0.144. The van der Waals surface area contributed by atoms with Gasteiger partial charge in [0, 0.05) is 13.6 Å². The second-order valence-electron chi connectivity index (χ2n) is 2.88. The predicted octanol–water partition coefficient (Wildman–Crippen LogP) is 0.596. The van der Waals surface area contributed by atoms with Gasteiger partial charge in [0.1, 0.15) is 0 Å². The molecule has 6 nitrogen and oxygen atoms in total. The second-order valence-corrected chi connectivity index (χ2v) is 2.88. The van der Waals surface area contributed by atoms with E-state index in [-0.39, 0.29) is 0 Å². The van der Waals surface area contributed by atoms with Crippen molar-refractivity contribution in [1.82, 2.24) is 10.4 Å². The second kappa shape index (κ2) is 6.16. The van der Waals surface area contributed by atoms with Crippen LogP contribution in [0.2, 0.25) is 0 Å². The summed E-state index contributed by atoms with van der Waals surface area (Å²) in [4.78, 5) is 25.9. The Hall–Kier alpha value is -1.51. The number of urea groups is 1. The number of hydroxylamine groups is 1. The van der Waals surface area contributed by atoms with E-state index in [1.165, 1.54) is 0 Å². The number of halogens is 3. The van der Waals surface area contributed by atoms with Crippen LogP contribution in [0.25, 0.3) is 0 Å². The van der Waals surface area contributed by atoms with Crippen molar-refractivity contribution in [2.24, 2.45) is 0 Å². The van der Waals surface area contributed by atoms with Gasteiger partial charge in [-0.1, -0.05) is 0 Å². The first-order valence-electron chi connectivity index (χ1n) is 4.14. The average Bonchev–Trinajstić information content (AvgIpc) is 2.12. The van der Waals surface area contributed by atoms with Crippen molar-refractivity contribution in [3.8, 4) is 0 Å². The number of nitrogens with one attached hydrogen (secondary N) is 1. The van der Waals surface area contributed by atoms with Gasteiger partial charge in [-0.15, -0.1) is 0 Å². The summed E-state index contributed by atoms with van der Waals surface area (Å²) in [5.41, 5.74) is 1.69. The third-order valence-corrected chi connectivity index (χ3v) is 1.43. The molecule has 0 radical (unpaired) electrons. The first-order valence-corrected chi connectivity index (χ1v) is 4.14. The minimum atomic E-state index is -4.35. The maximum Gasteiger partial charge on any atom is 0.390 e. The number of carboxylic acids is 1. The van der Waals surface area contributed by atoms with Crippen LogP contribution >= 0.6 is 0 Å². The van der Waals surface area contributed by atoms with Crippen molar-refractivity contribution in [3.05, 3.63) is 0 Å². The van der Waals surface area contributed by atoms with Crippen molar-refractivity contribution in [2.75, 3.05) is 20.2 Å². The molecule has 0 unspecified atom stereocenters. The SMILES string of the molecule is CN(CCC(F)(F)F)C(=O)NOCC(=O)O. The van der Waals surface area contributed by atoms with Gasteiger partial charge in [0.25, 0.3) is 0 Å². The van der Waals surface area contributed by atoms with Crippen LogP contribution in [0.5, 0.6) is 0 Å². The normalized spacial score (nSPS) is 11.0. The highest BCUT2D eigenvalue weighted by atomic mass is 19.4. The minimum absolute atomic E-state index is 0.536. The predicted molar refractivity (Wildman–Crippen MR) is 45.4 cm³/mol. The van der Waals surface area contributed by atoms with E-state index in [9.17, 15) is 22.8 Å². The Morgan fingerprint density at radius 2 is 2.00 bits per heavy atom. The first kappa shape index (κ1) is 14.5. The number of hydrogen-bond donors (Lipinski definition) is 2. The monoisotopic (exact) mass is 244 g/mol. The summed E-state index contributed by atoms with van der Waals surface area (Å²) >= 11 is 0. The summed E-state index contributed by atoms with van der Waals surface area (Å²) in [5.74, 6) is -1.31. The lowest BCUT2D eigenvalue weighted by Gasteiger charge is -2.17. The summed E-state index contributed by atoms with van der Waals surface area (Å²) in [6, 6.07) is -0.939. The minimum Gasteiger partial charge on any atom is -0.479 e. The van der Waals surface area contributed by atoms with Crippen molar-refractivity contribution in [3.63, 3.8) is 0 Å². The van der Waals surface area contributed by atoms with Gasteiger partial charge >= 0.3 is 18.2 Å². The fourth-order valence-electron chi connectivity index (χ4n) is 0.634. The van der Waals surface area contributed by atoms with E-state index in [4.69, 9.17) is 5.11 Å². The fraction of sp³-hybridized carbons (Fsp3) is 0.714. The number of amides is 2. The van der Waals surface area contributed by atoms with Gasteiger partial charge in [-0.25, -0.2) is 15.1 Å². The number of carbonyl (C=O) groups excluding carboxylic acids is 1. The van der Waals surface area contributed by atoms with Crippen molar-refractivity contribution >= 4 is 12.0 Å². The van der Waals surface area contributed by atoms with Gasteiger partial charge in [0.05, 0.1) is 6.42 Å². The van der Waals surface area contributed by atoms with E-state index in [1.54, 1.807) is 5.48 Å². The molecular formula is C7H11F3N2O4. The van der Waals surface area contributed by atoms with E-state index in [2.05, 4.69) is 4.84 Å². The Balaban J connectivity index is 3.78. The third kappa shape index (κ3) is 7.85. The maximum absolute atomic E-state index is 11.8. The van der Waals surface area contributed by atoms with Crippen LogP contribution in [0.4, 0.5) is 18.0 Å². The summed E-state index contributed by atoms with van der Waals surface area (Å²) < 4.78 is 35.3. The van der Waals surface area contributed by atoms with Crippen molar-refractivity contribution in [2.45, 2.75) is 12.6 Å². The summed E-state index contributed by atoms with van der Waals surface area (Å²) in [5, 5.41) is 8.14. The van der Waals surface area contributed by atoms with Crippen LogP contribution in [0, 0.1) is 0 Å². The van der Waals surface area contributed by atoms with Crippen LogP contribution in [0.15, 0.2) is 0 Å². The van der Waals surface area contributed by atoms with E-state index in [0.717, 1.165) is 11.9 Å². The summed E-state index contributed by atoms with van der Waals surface area (Å²) in [7, 11) is 1.13. The Bertz CT molecular complexity index is 257. The Labute approximate surface area is 88.9 Å². The highest BCUT2D eigenvalue weighted by molar-refractivity contribution is 5.73. The number of hydrogen-bond acceptors (Lipinski definition) is 3. The summed E-state index contributed by atoms with van der Waals surface area (Å²) in [6.07, 6.45) is -5.49. The molecule has 0 aliphatic rings. The van der Waals surface area contributed by atoms with E-state index in [0.29, 0.717) is 0 Å². The average molecular weight is 244 g/mol. The van der Waals surface area contributed by atoms with Crippen LogP contribution in [0.1, 0.15) is 6.42 Å². The number of carboxylic acid groups (broad SMARTS) is 1. The zero-order valence-corrected chi connectivity index (χ0v) is 8.37. The molecule has 2 N–H and O–H groups in total. The zero-order chi connectivity index (χ0) is 12.8. The largest absolute Gasteiger partial charge is 0.479 e. The number of carbonyl (C=O) groups is 2. The molecule has 0 aliphatic carbocycles. The summed E-state index contributed by atoms with van der Waals surface area (Å²) in [6.45, 7) is -1.30. The molecule has 0 saturated heterocycles. The van der Waals surface area contributed by atoms with Crippen molar-refractivity contribution in [1.29, 1.82) is 0 Å². The van der Waals surface area contributed by atoms with Crippen LogP contribution in [0.3, 0.4) is 0 Å². The molecule has 0 heterocycles. The molecule has 9 heteroatoms.